The number of carbonyl (C=O) groups is 2. The van der Waals surface area contributed by atoms with Gasteiger partial charge in [0.15, 0.2) is 0 Å². The molecule has 0 saturated heterocycles. The number of hydrogen-bond donors (Lipinski definition) is 2. The number of hydrogen-bond acceptors (Lipinski definition) is 6. The molecule has 144 valence electrons. The summed E-state index contributed by atoms with van der Waals surface area (Å²) in [5.41, 5.74) is -0.455. The molecule has 0 aliphatic rings. The van der Waals surface area contributed by atoms with E-state index < -0.39 is 29.4 Å². The lowest BCUT2D eigenvalue weighted by atomic mass is 10.3. The molecule has 9 nitrogen and oxygen atoms in total. The zero-order chi connectivity index (χ0) is 19.8. The van der Waals surface area contributed by atoms with Crippen LogP contribution in [0.4, 0.5) is 4.39 Å². The molecule has 0 aliphatic carbocycles. The van der Waals surface area contributed by atoms with Crippen LogP contribution in [0, 0.1) is 5.82 Å². The topological polar surface area (TPSA) is 120 Å². The summed E-state index contributed by atoms with van der Waals surface area (Å²) in [5.74, 6) is -2.32. The van der Waals surface area contributed by atoms with Gasteiger partial charge in [-0.2, -0.15) is 5.10 Å². The first-order valence-electron chi connectivity index (χ1n) is 7.91. The van der Waals surface area contributed by atoms with Gasteiger partial charge in [-0.05, 0) is 30.3 Å². The van der Waals surface area contributed by atoms with E-state index in [1.807, 2.05) is 0 Å². The first-order chi connectivity index (χ1) is 12.9. The minimum absolute atomic E-state index is 0.0587. The molecule has 27 heavy (non-hydrogen) atoms. The third kappa shape index (κ3) is 5.89. The zero-order valence-corrected chi connectivity index (χ0v) is 14.4. The molecule has 1 atom stereocenters. The van der Waals surface area contributed by atoms with Gasteiger partial charge in [-0.1, -0.05) is 0 Å². The van der Waals surface area contributed by atoms with Crippen LogP contribution in [0.1, 0.15) is 10.5 Å². The molecular formula is C17H18FN3O6. The maximum Gasteiger partial charge on any atom is 0.346 e. The number of carboxylic acid groups (broad SMARTS) is 1. The van der Waals surface area contributed by atoms with E-state index in [0.717, 1.165) is 16.8 Å². The molecule has 0 saturated carbocycles. The highest BCUT2D eigenvalue weighted by atomic mass is 19.1. The number of amides is 1. The van der Waals surface area contributed by atoms with Gasteiger partial charge in [0, 0.05) is 13.2 Å². The predicted octanol–water partition coefficient (Wildman–Crippen LogP) is 0.291. The Bertz CT molecular complexity index is 852. The first-order valence-corrected chi connectivity index (χ1v) is 7.91. The molecule has 1 unspecified atom stereocenters. The normalized spacial score (nSPS) is 11.6. The van der Waals surface area contributed by atoms with Crippen molar-refractivity contribution in [3.05, 3.63) is 58.3 Å². The van der Waals surface area contributed by atoms with Gasteiger partial charge in [0.25, 0.3) is 11.5 Å². The van der Waals surface area contributed by atoms with E-state index in [-0.39, 0.29) is 31.1 Å². The molecule has 1 amide bonds. The third-order valence-electron chi connectivity index (χ3n) is 3.42. The molecule has 1 heterocycles. The minimum atomic E-state index is -1.39. The number of nitrogens with one attached hydrogen (secondary N) is 1. The lowest BCUT2D eigenvalue weighted by Gasteiger charge is -2.16. The Labute approximate surface area is 153 Å². The number of carboxylic acids is 1. The van der Waals surface area contributed by atoms with Gasteiger partial charge in [0.2, 0.25) is 6.10 Å². The molecule has 2 aromatic rings. The van der Waals surface area contributed by atoms with Crippen LogP contribution >= 0.6 is 0 Å². The lowest BCUT2D eigenvalue weighted by Crippen LogP contribution is -2.41. The Morgan fingerprint density at radius 3 is 2.59 bits per heavy atom. The Hall–Kier alpha value is -3.27. The summed E-state index contributed by atoms with van der Waals surface area (Å²) < 4.78 is 24.1. The van der Waals surface area contributed by atoms with Gasteiger partial charge in [-0.15, -0.1) is 0 Å². The maximum atomic E-state index is 12.9. The van der Waals surface area contributed by atoms with E-state index in [1.165, 1.54) is 31.4 Å². The van der Waals surface area contributed by atoms with Crippen molar-refractivity contribution in [3.8, 4) is 5.75 Å². The SMILES string of the molecule is COCCn1nc(C(=O)NCC(Oc2ccc(F)cc2)C(=O)O)ccc1=O. The predicted molar refractivity (Wildman–Crippen MR) is 91.2 cm³/mol. The summed E-state index contributed by atoms with van der Waals surface area (Å²) in [5, 5.41) is 15.5. The number of methoxy groups -OCH3 is 1. The Morgan fingerprint density at radius 2 is 1.96 bits per heavy atom. The second-order valence-electron chi connectivity index (χ2n) is 5.38. The van der Waals surface area contributed by atoms with Crippen LogP contribution < -0.4 is 15.6 Å². The number of nitrogens with zero attached hydrogens (tertiary/aromatic N) is 2. The van der Waals surface area contributed by atoms with Crippen molar-refractivity contribution in [1.82, 2.24) is 15.1 Å². The average molecular weight is 379 g/mol. The molecule has 0 radical (unpaired) electrons. The second-order valence-corrected chi connectivity index (χ2v) is 5.38. The minimum Gasteiger partial charge on any atom is -0.478 e. The number of ether oxygens (including phenoxy) is 2. The van der Waals surface area contributed by atoms with E-state index in [0.29, 0.717) is 0 Å². The van der Waals surface area contributed by atoms with Crippen LogP contribution in [0.5, 0.6) is 5.75 Å². The summed E-state index contributed by atoms with van der Waals surface area (Å²) in [6.45, 7) is 0.0525. The molecule has 1 aromatic carbocycles. The van der Waals surface area contributed by atoms with Crippen molar-refractivity contribution in [2.24, 2.45) is 0 Å². The van der Waals surface area contributed by atoms with Crippen LogP contribution in [0.2, 0.25) is 0 Å². The molecule has 2 N–H and O–H groups in total. The van der Waals surface area contributed by atoms with Crippen LogP contribution in [0.15, 0.2) is 41.2 Å². The van der Waals surface area contributed by atoms with Crippen molar-refractivity contribution in [3.63, 3.8) is 0 Å². The number of benzene rings is 1. The smallest absolute Gasteiger partial charge is 0.346 e. The average Bonchev–Trinajstić information content (AvgIpc) is 2.65. The number of aromatic nitrogens is 2. The van der Waals surface area contributed by atoms with Gasteiger partial charge in [0.1, 0.15) is 17.3 Å². The highest BCUT2D eigenvalue weighted by molar-refractivity contribution is 5.92. The van der Waals surface area contributed by atoms with E-state index >= 15 is 0 Å². The summed E-state index contributed by atoms with van der Waals surface area (Å²) >= 11 is 0. The Kier molecular flexibility index (Phi) is 7.00. The second kappa shape index (κ2) is 9.43. The highest BCUT2D eigenvalue weighted by Crippen LogP contribution is 2.13. The molecule has 2 rings (SSSR count). The van der Waals surface area contributed by atoms with Crippen molar-refractivity contribution in [1.29, 1.82) is 0 Å². The monoisotopic (exact) mass is 379 g/mol. The van der Waals surface area contributed by atoms with Gasteiger partial charge in [0.05, 0.1) is 19.7 Å². The molecule has 1 aromatic heterocycles. The molecule has 10 heteroatoms. The van der Waals surface area contributed by atoms with Gasteiger partial charge < -0.3 is 19.9 Å². The fourth-order valence-electron chi connectivity index (χ4n) is 2.04. The summed E-state index contributed by atoms with van der Waals surface area (Å²) in [4.78, 5) is 35.2. The van der Waals surface area contributed by atoms with E-state index in [2.05, 4.69) is 10.4 Å². The fourth-order valence-corrected chi connectivity index (χ4v) is 2.04. The molecule has 0 fully saturated rings. The molecule has 0 bridgehead atoms. The molecular weight excluding hydrogens is 361 g/mol. The highest BCUT2D eigenvalue weighted by Gasteiger charge is 2.21. The molecule has 0 spiro atoms. The standard InChI is InChI=1S/C17H18FN3O6/c1-26-9-8-21-15(22)7-6-13(20-21)16(23)19-10-14(17(24)25)27-12-4-2-11(18)3-5-12/h2-7,14H,8-10H2,1H3,(H,19,23)(H,24,25). The Balaban J connectivity index is 2.02. The third-order valence-corrected chi connectivity index (χ3v) is 3.42. The van der Waals surface area contributed by atoms with Crippen LogP contribution in [-0.2, 0) is 16.1 Å². The van der Waals surface area contributed by atoms with E-state index in [9.17, 15) is 23.9 Å². The van der Waals surface area contributed by atoms with Crippen LogP contribution in [0.25, 0.3) is 0 Å². The zero-order valence-electron chi connectivity index (χ0n) is 14.4. The van der Waals surface area contributed by atoms with Crippen molar-refractivity contribution in [2.45, 2.75) is 12.6 Å². The van der Waals surface area contributed by atoms with Crippen LogP contribution in [-0.4, -0.2) is 53.1 Å². The summed E-state index contributed by atoms with van der Waals surface area (Å²) in [6, 6.07) is 7.22. The lowest BCUT2D eigenvalue weighted by molar-refractivity contribution is -0.144. The van der Waals surface area contributed by atoms with Crippen LogP contribution in [0.3, 0.4) is 0 Å². The number of carbonyl (C=O) groups excluding carboxylic acids is 1. The van der Waals surface area contributed by atoms with Gasteiger partial charge >= 0.3 is 5.97 Å². The summed E-state index contributed by atoms with van der Waals surface area (Å²) in [7, 11) is 1.47. The largest absolute Gasteiger partial charge is 0.478 e. The fraction of sp³-hybridized carbons (Fsp3) is 0.294. The number of rotatable bonds is 9. The van der Waals surface area contributed by atoms with Crippen molar-refractivity contribution in [2.75, 3.05) is 20.3 Å². The molecule has 0 aliphatic heterocycles. The number of aliphatic carboxylic acids is 1. The first kappa shape index (κ1) is 20.0. The quantitative estimate of drug-likeness (QED) is 0.643. The Morgan fingerprint density at radius 1 is 1.26 bits per heavy atom. The van der Waals surface area contributed by atoms with Gasteiger partial charge in [-0.3, -0.25) is 9.59 Å². The number of halogens is 1. The van der Waals surface area contributed by atoms with Gasteiger partial charge in [-0.25, -0.2) is 13.9 Å². The van der Waals surface area contributed by atoms with Crippen molar-refractivity contribution < 1.29 is 28.6 Å². The van der Waals surface area contributed by atoms with E-state index in [1.54, 1.807) is 0 Å². The van der Waals surface area contributed by atoms with Crippen molar-refractivity contribution >= 4 is 11.9 Å². The maximum absolute atomic E-state index is 12.9. The van der Waals surface area contributed by atoms with E-state index in [4.69, 9.17) is 9.47 Å². The summed E-state index contributed by atoms with van der Waals surface area (Å²) in [6.07, 6.45) is -1.39.